The lowest BCUT2D eigenvalue weighted by Crippen LogP contribution is -2.45. The smallest absolute Gasteiger partial charge is 0.225 e. The van der Waals surface area contributed by atoms with Crippen LogP contribution in [0.15, 0.2) is 0 Å². The molecule has 7 heteroatoms. The van der Waals surface area contributed by atoms with E-state index >= 15 is 0 Å². The van der Waals surface area contributed by atoms with Crippen LogP contribution in [0.3, 0.4) is 0 Å². The second-order valence-electron chi connectivity index (χ2n) is 4.57. The lowest BCUT2D eigenvalue weighted by atomic mass is 9.99. The second-order valence-corrected chi connectivity index (χ2v) is 4.57. The molecule has 0 aromatic carbocycles. The van der Waals surface area contributed by atoms with Crippen LogP contribution in [0.25, 0.3) is 0 Å². The Kier molecular flexibility index (Phi) is 3.39. The number of piperidine rings is 1. The summed E-state index contributed by atoms with van der Waals surface area (Å²) in [4.78, 5) is 14.2. The van der Waals surface area contributed by atoms with E-state index in [1.165, 1.54) is 0 Å². The number of likely N-dealkylation sites (tertiary alicyclic amines) is 1. The number of hydrogen-bond acceptors (Lipinski definition) is 7. The summed E-state index contributed by atoms with van der Waals surface area (Å²) in [6, 6.07) is 0.729. The Labute approximate surface area is 100 Å². The van der Waals surface area contributed by atoms with Gasteiger partial charge in [0.25, 0.3) is 0 Å². The van der Waals surface area contributed by atoms with Crippen molar-refractivity contribution in [3.05, 3.63) is 5.82 Å². The first kappa shape index (κ1) is 12.0. The monoisotopic (exact) mass is 237 g/mol. The van der Waals surface area contributed by atoms with E-state index in [9.17, 15) is 0 Å². The van der Waals surface area contributed by atoms with Crippen molar-refractivity contribution in [1.29, 1.82) is 0 Å². The Bertz CT molecular complexity index is 374. The van der Waals surface area contributed by atoms with Crippen molar-refractivity contribution in [2.45, 2.75) is 38.4 Å². The third-order valence-corrected chi connectivity index (χ3v) is 3.12. The molecule has 0 spiro atoms. The predicted molar refractivity (Wildman–Crippen MR) is 65.7 cm³/mol. The highest BCUT2D eigenvalue weighted by Gasteiger charge is 2.23. The summed E-state index contributed by atoms with van der Waals surface area (Å²) >= 11 is 0. The van der Waals surface area contributed by atoms with E-state index in [2.05, 4.69) is 26.8 Å². The molecule has 17 heavy (non-hydrogen) atoms. The average molecular weight is 237 g/mol. The molecule has 1 saturated heterocycles. The molecule has 0 bridgehead atoms. The Morgan fingerprint density at radius 1 is 1.24 bits per heavy atom. The molecule has 6 N–H and O–H groups in total. The Morgan fingerprint density at radius 3 is 2.47 bits per heavy atom. The molecule has 1 fully saturated rings. The molecule has 0 radical (unpaired) electrons. The van der Waals surface area contributed by atoms with Gasteiger partial charge >= 0.3 is 0 Å². The zero-order valence-electron chi connectivity index (χ0n) is 10.0. The summed E-state index contributed by atoms with van der Waals surface area (Å²) in [6.07, 6.45) is 2.00. The number of anilines is 2. The van der Waals surface area contributed by atoms with E-state index in [1.807, 2.05) is 0 Å². The van der Waals surface area contributed by atoms with Gasteiger partial charge in [0.1, 0.15) is 5.82 Å². The zero-order valence-corrected chi connectivity index (χ0v) is 10.0. The van der Waals surface area contributed by atoms with Gasteiger partial charge in [-0.25, -0.2) is 0 Å². The maximum absolute atomic E-state index is 5.92. The third kappa shape index (κ3) is 3.01. The highest BCUT2D eigenvalue weighted by molar-refractivity contribution is 5.25. The van der Waals surface area contributed by atoms with Crippen LogP contribution in [0.4, 0.5) is 11.9 Å². The number of nitrogens with zero attached hydrogens (tertiary/aromatic N) is 4. The summed E-state index contributed by atoms with van der Waals surface area (Å²) in [6.45, 7) is 3.76. The van der Waals surface area contributed by atoms with Crippen LogP contribution < -0.4 is 17.2 Å². The minimum atomic E-state index is 0.175. The van der Waals surface area contributed by atoms with Gasteiger partial charge in [-0.05, 0) is 19.8 Å². The molecular formula is C10H19N7. The van der Waals surface area contributed by atoms with Crippen molar-refractivity contribution in [1.82, 2.24) is 19.9 Å². The van der Waals surface area contributed by atoms with E-state index in [4.69, 9.17) is 17.2 Å². The summed E-state index contributed by atoms with van der Waals surface area (Å²) in [5.74, 6) is 0.972. The van der Waals surface area contributed by atoms with Gasteiger partial charge in [0.05, 0.1) is 6.54 Å². The minimum absolute atomic E-state index is 0.175. The van der Waals surface area contributed by atoms with Gasteiger partial charge in [0, 0.05) is 18.6 Å². The molecule has 1 aromatic rings. The lowest BCUT2D eigenvalue weighted by molar-refractivity contribution is 0.136. The molecule has 7 nitrogen and oxygen atoms in total. The summed E-state index contributed by atoms with van der Waals surface area (Å²) in [5, 5.41) is 0. The fourth-order valence-corrected chi connectivity index (χ4v) is 2.20. The van der Waals surface area contributed by atoms with Crippen molar-refractivity contribution in [3.8, 4) is 0 Å². The SMILES string of the molecule is CC1CC(N)CCN1Cc1nc(N)nc(N)n1. The van der Waals surface area contributed by atoms with Crippen molar-refractivity contribution in [3.63, 3.8) is 0 Å². The average Bonchev–Trinajstić information content (AvgIpc) is 2.21. The Balaban J connectivity index is 2.05. The van der Waals surface area contributed by atoms with Crippen LogP contribution in [0.2, 0.25) is 0 Å². The van der Waals surface area contributed by atoms with Gasteiger partial charge in [-0.15, -0.1) is 0 Å². The van der Waals surface area contributed by atoms with E-state index in [0.717, 1.165) is 19.4 Å². The Hall–Kier alpha value is -1.47. The van der Waals surface area contributed by atoms with E-state index in [0.29, 0.717) is 24.5 Å². The predicted octanol–water partition coefficient (Wildman–Crippen LogP) is -0.652. The molecule has 1 aromatic heterocycles. The van der Waals surface area contributed by atoms with Crippen molar-refractivity contribution in [2.75, 3.05) is 18.0 Å². The summed E-state index contributed by atoms with van der Waals surface area (Å²) in [7, 11) is 0. The molecule has 0 amide bonds. The first-order valence-corrected chi connectivity index (χ1v) is 5.80. The molecule has 0 aliphatic carbocycles. The minimum Gasteiger partial charge on any atom is -0.368 e. The number of rotatable bonds is 2. The second kappa shape index (κ2) is 4.80. The summed E-state index contributed by atoms with van der Waals surface area (Å²) in [5.41, 5.74) is 17.0. The summed E-state index contributed by atoms with van der Waals surface area (Å²) < 4.78 is 0. The quantitative estimate of drug-likeness (QED) is 0.625. The maximum atomic E-state index is 5.92. The number of nitrogens with two attached hydrogens (primary N) is 3. The highest BCUT2D eigenvalue weighted by atomic mass is 15.2. The number of aromatic nitrogens is 3. The van der Waals surface area contributed by atoms with Crippen LogP contribution in [0.1, 0.15) is 25.6 Å². The van der Waals surface area contributed by atoms with Gasteiger partial charge in [-0.3, -0.25) is 4.90 Å². The normalized spacial score (nSPS) is 26.0. The molecule has 2 atom stereocenters. The van der Waals surface area contributed by atoms with Crippen LogP contribution in [-0.2, 0) is 6.54 Å². The van der Waals surface area contributed by atoms with E-state index in [1.54, 1.807) is 0 Å². The standard InChI is InChI=1S/C10H19N7/c1-6-4-7(11)2-3-17(6)5-8-14-9(12)16-10(13)15-8/h6-7H,2-5,11H2,1H3,(H4,12,13,14,15,16). The largest absolute Gasteiger partial charge is 0.368 e. The van der Waals surface area contributed by atoms with Gasteiger partial charge in [-0.1, -0.05) is 0 Å². The topological polar surface area (TPSA) is 120 Å². The first-order chi connectivity index (χ1) is 8.04. The zero-order chi connectivity index (χ0) is 12.4. The molecule has 0 saturated carbocycles. The molecule has 2 heterocycles. The van der Waals surface area contributed by atoms with Crippen LogP contribution >= 0.6 is 0 Å². The maximum Gasteiger partial charge on any atom is 0.225 e. The van der Waals surface area contributed by atoms with Crippen molar-refractivity contribution < 1.29 is 0 Å². The third-order valence-electron chi connectivity index (χ3n) is 3.12. The Morgan fingerprint density at radius 2 is 1.88 bits per heavy atom. The van der Waals surface area contributed by atoms with Gasteiger partial charge in [0.2, 0.25) is 11.9 Å². The van der Waals surface area contributed by atoms with Gasteiger partial charge in [-0.2, -0.15) is 15.0 Å². The number of nitrogen functional groups attached to an aromatic ring is 2. The first-order valence-electron chi connectivity index (χ1n) is 5.80. The van der Waals surface area contributed by atoms with Crippen molar-refractivity contribution >= 4 is 11.9 Å². The van der Waals surface area contributed by atoms with Crippen LogP contribution in [0, 0.1) is 0 Å². The fraction of sp³-hybridized carbons (Fsp3) is 0.700. The molecule has 2 rings (SSSR count). The fourth-order valence-electron chi connectivity index (χ4n) is 2.20. The van der Waals surface area contributed by atoms with Crippen molar-refractivity contribution in [2.24, 2.45) is 5.73 Å². The van der Waals surface area contributed by atoms with E-state index < -0.39 is 0 Å². The lowest BCUT2D eigenvalue weighted by Gasteiger charge is -2.35. The van der Waals surface area contributed by atoms with Gasteiger partial charge < -0.3 is 17.2 Å². The molecule has 94 valence electrons. The molecule has 2 unspecified atom stereocenters. The van der Waals surface area contributed by atoms with Crippen LogP contribution in [0.5, 0.6) is 0 Å². The molecule has 1 aliphatic rings. The molecule has 1 aliphatic heterocycles. The number of hydrogen-bond donors (Lipinski definition) is 3. The van der Waals surface area contributed by atoms with Crippen LogP contribution in [-0.4, -0.2) is 38.5 Å². The highest BCUT2D eigenvalue weighted by Crippen LogP contribution is 2.17. The molecular weight excluding hydrogens is 218 g/mol. The van der Waals surface area contributed by atoms with Gasteiger partial charge in [0.15, 0.2) is 0 Å². The van der Waals surface area contributed by atoms with E-state index in [-0.39, 0.29) is 11.9 Å².